The van der Waals surface area contributed by atoms with Crippen LogP contribution in [0.4, 0.5) is 0 Å². The van der Waals surface area contributed by atoms with E-state index < -0.39 is 0 Å². The molecule has 132 valence electrons. The Morgan fingerprint density at radius 1 is 0.593 bits per heavy atom. The summed E-state index contributed by atoms with van der Waals surface area (Å²) in [5.74, 6) is 0. The summed E-state index contributed by atoms with van der Waals surface area (Å²) >= 11 is 7.68. The van der Waals surface area contributed by atoms with Crippen molar-refractivity contribution in [2.45, 2.75) is 0 Å². The average molecular weight is 443 g/mol. The molecule has 0 saturated carbocycles. The summed E-state index contributed by atoms with van der Waals surface area (Å²) < 4.78 is 8.65. The first kappa shape index (κ1) is 17.2. The number of nitrogens with zero attached hydrogens (tertiary/aromatic N) is 2. The molecule has 0 bridgehead atoms. The highest BCUT2D eigenvalue weighted by Gasteiger charge is 2.17. The van der Waals surface area contributed by atoms with E-state index in [1.54, 1.807) is 45.3 Å². The molecule has 5 aromatic rings. The first-order chi connectivity index (χ1) is 13.3. The van der Waals surface area contributed by atoms with Crippen LogP contribution in [-0.4, -0.2) is 8.75 Å². The lowest BCUT2D eigenvalue weighted by atomic mass is 10.2. The van der Waals surface area contributed by atoms with Crippen molar-refractivity contribution in [3.63, 3.8) is 0 Å². The Hall–Kier alpha value is -1.97. The van der Waals surface area contributed by atoms with Gasteiger partial charge in [0.25, 0.3) is 0 Å². The standard InChI is InChI=1S/C19H10N2OS5/c22-19-17(15-7-5-13(25-15)11-3-1-9-23-11)20-27-21-18(19)16-8-6-14(26-16)12-4-2-10-24-12/h1-10H. The Morgan fingerprint density at radius 3 is 1.52 bits per heavy atom. The predicted molar refractivity (Wildman–Crippen MR) is 119 cm³/mol. The molecule has 8 heteroatoms. The van der Waals surface area contributed by atoms with Crippen LogP contribution >= 0.6 is 57.1 Å². The molecular weight excluding hydrogens is 433 g/mol. The zero-order valence-electron chi connectivity index (χ0n) is 13.6. The van der Waals surface area contributed by atoms with Crippen LogP contribution in [0.1, 0.15) is 0 Å². The third kappa shape index (κ3) is 3.24. The molecule has 27 heavy (non-hydrogen) atoms. The van der Waals surface area contributed by atoms with Gasteiger partial charge in [0.15, 0.2) is 0 Å². The number of hydrogen-bond donors (Lipinski definition) is 0. The number of thiophene rings is 4. The van der Waals surface area contributed by atoms with Crippen LogP contribution in [0.3, 0.4) is 0 Å². The SMILES string of the molecule is O=c1c(-c2ccc(-c3cccs3)s2)nsnc1-c1ccc(-c2cccs2)s1. The Labute approximate surface area is 175 Å². The highest BCUT2D eigenvalue weighted by molar-refractivity contribution is 7.24. The summed E-state index contributed by atoms with van der Waals surface area (Å²) in [7, 11) is 0. The van der Waals surface area contributed by atoms with Crippen LogP contribution in [0, 0.1) is 0 Å². The molecule has 0 aliphatic carbocycles. The van der Waals surface area contributed by atoms with Gasteiger partial charge in [0, 0.05) is 19.5 Å². The predicted octanol–water partition coefficient (Wildman–Crippen LogP) is 6.81. The van der Waals surface area contributed by atoms with Crippen molar-refractivity contribution in [1.82, 2.24) is 8.75 Å². The van der Waals surface area contributed by atoms with E-state index in [1.807, 2.05) is 24.3 Å². The van der Waals surface area contributed by atoms with E-state index in [4.69, 9.17) is 0 Å². The lowest BCUT2D eigenvalue weighted by Crippen LogP contribution is -2.09. The maximum atomic E-state index is 13.1. The molecule has 0 fully saturated rings. The van der Waals surface area contributed by atoms with Crippen LogP contribution in [0.5, 0.6) is 0 Å². The zero-order valence-corrected chi connectivity index (χ0v) is 17.7. The minimum Gasteiger partial charge on any atom is -0.285 e. The molecule has 0 spiro atoms. The van der Waals surface area contributed by atoms with Gasteiger partial charge in [0.05, 0.1) is 21.5 Å². The van der Waals surface area contributed by atoms with Gasteiger partial charge in [-0.2, -0.15) is 8.75 Å². The quantitative estimate of drug-likeness (QED) is 0.307. The third-order valence-electron chi connectivity index (χ3n) is 3.90. The van der Waals surface area contributed by atoms with Crippen LogP contribution < -0.4 is 5.43 Å². The van der Waals surface area contributed by atoms with Crippen LogP contribution in [0.2, 0.25) is 0 Å². The molecule has 0 amide bonds. The monoisotopic (exact) mass is 442 g/mol. The third-order valence-corrected chi connectivity index (χ3v) is 8.74. The molecule has 5 aromatic heterocycles. The molecule has 3 nitrogen and oxygen atoms in total. The first-order valence-corrected chi connectivity index (χ1v) is 12.1. The Bertz CT molecular complexity index is 1150. The smallest absolute Gasteiger partial charge is 0.234 e. The van der Waals surface area contributed by atoms with Gasteiger partial charge in [0.1, 0.15) is 11.4 Å². The molecule has 0 unspecified atom stereocenters. The topological polar surface area (TPSA) is 42.9 Å². The van der Waals surface area contributed by atoms with E-state index in [-0.39, 0.29) is 5.43 Å². The summed E-state index contributed by atoms with van der Waals surface area (Å²) in [5.41, 5.74) is 0.876. The lowest BCUT2D eigenvalue weighted by Gasteiger charge is -1.98. The van der Waals surface area contributed by atoms with Crippen LogP contribution in [0.15, 0.2) is 64.1 Å². The highest BCUT2D eigenvalue weighted by Crippen LogP contribution is 2.37. The first-order valence-electron chi connectivity index (χ1n) is 7.94. The molecule has 0 saturated heterocycles. The Kier molecular flexibility index (Phi) is 4.58. The highest BCUT2D eigenvalue weighted by atomic mass is 32.1. The molecule has 0 aromatic carbocycles. The van der Waals surface area contributed by atoms with E-state index in [0.717, 1.165) is 31.2 Å². The van der Waals surface area contributed by atoms with Gasteiger partial charge in [0.2, 0.25) is 5.43 Å². The Morgan fingerprint density at radius 2 is 1.07 bits per heavy atom. The molecule has 0 aliphatic rings. The minimum atomic E-state index is -0.104. The molecule has 5 rings (SSSR count). The zero-order chi connectivity index (χ0) is 18.2. The molecule has 0 radical (unpaired) electrons. The minimum absolute atomic E-state index is 0.104. The summed E-state index contributed by atoms with van der Waals surface area (Å²) in [4.78, 5) is 19.6. The van der Waals surface area contributed by atoms with Crippen LogP contribution in [-0.2, 0) is 0 Å². The van der Waals surface area contributed by atoms with E-state index in [9.17, 15) is 4.79 Å². The fraction of sp³-hybridized carbons (Fsp3) is 0. The summed E-state index contributed by atoms with van der Waals surface area (Å²) in [5, 5.41) is 4.11. The maximum absolute atomic E-state index is 13.1. The van der Waals surface area contributed by atoms with Gasteiger partial charge in [-0.3, -0.25) is 4.79 Å². The second kappa shape index (κ2) is 7.21. The van der Waals surface area contributed by atoms with E-state index in [1.165, 1.54) is 9.75 Å². The summed E-state index contributed by atoms with van der Waals surface area (Å²) in [6, 6.07) is 16.3. The maximum Gasteiger partial charge on any atom is 0.234 e. The molecule has 0 N–H and O–H groups in total. The van der Waals surface area contributed by atoms with Crippen molar-refractivity contribution in [3.8, 4) is 40.7 Å². The molecule has 5 heterocycles. The Balaban J connectivity index is 1.55. The van der Waals surface area contributed by atoms with Gasteiger partial charge < -0.3 is 0 Å². The van der Waals surface area contributed by atoms with Gasteiger partial charge in [-0.05, 0) is 47.2 Å². The van der Waals surface area contributed by atoms with Crippen molar-refractivity contribution < 1.29 is 0 Å². The molecular formula is C19H10N2OS5. The van der Waals surface area contributed by atoms with Crippen molar-refractivity contribution in [2.75, 3.05) is 0 Å². The van der Waals surface area contributed by atoms with Crippen molar-refractivity contribution in [2.24, 2.45) is 0 Å². The van der Waals surface area contributed by atoms with Crippen molar-refractivity contribution in [3.05, 3.63) is 69.5 Å². The molecule has 0 atom stereocenters. The summed E-state index contributed by atoms with van der Waals surface area (Å²) in [6.45, 7) is 0. The van der Waals surface area contributed by atoms with Crippen molar-refractivity contribution in [1.29, 1.82) is 0 Å². The van der Waals surface area contributed by atoms with E-state index in [0.29, 0.717) is 11.4 Å². The van der Waals surface area contributed by atoms with E-state index in [2.05, 4.69) is 43.8 Å². The van der Waals surface area contributed by atoms with Crippen LogP contribution in [0.25, 0.3) is 40.7 Å². The van der Waals surface area contributed by atoms with E-state index >= 15 is 0 Å². The van der Waals surface area contributed by atoms with Gasteiger partial charge in [-0.25, -0.2) is 0 Å². The normalized spacial score (nSPS) is 11.1. The fourth-order valence-electron chi connectivity index (χ4n) is 2.64. The lowest BCUT2D eigenvalue weighted by molar-refractivity contribution is 1.37. The van der Waals surface area contributed by atoms with Gasteiger partial charge in [-0.1, -0.05) is 12.1 Å². The summed E-state index contributed by atoms with van der Waals surface area (Å²) in [6.07, 6.45) is 0. The van der Waals surface area contributed by atoms with Crippen molar-refractivity contribution >= 4 is 57.1 Å². The largest absolute Gasteiger partial charge is 0.285 e. The van der Waals surface area contributed by atoms with Gasteiger partial charge in [-0.15, -0.1) is 45.3 Å². The number of hydrogen-bond acceptors (Lipinski definition) is 8. The average Bonchev–Trinajstić information content (AvgIpc) is 3.49. The molecule has 0 aliphatic heterocycles. The van der Waals surface area contributed by atoms with Gasteiger partial charge >= 0.3 is 0 Å². The number of aromatic nitrogens is 2. The fourth-order valence-corrected chi connectivity index (χ4v) is 6.98. The second-order valence-corrected chi connectivity index (χ2v) is 10.2. The second-order valence-electron chi connectivity index (χ2n) is 5.57. The number of rotatable bonds is 4.